The Kier molecular flexibility index (Phi) is 4.70. The lowest BCUT2D eigenvalue weighted by atomic mass is 10.1. The lowest BCUT2D eigenvalue weighted by molar-refractivity contribution is 0.0755. The maximum absolute atomic E-state index is 12.1. The standard InChI is InChI=1S/C14H22N2O/c1-11(2)16(5)14(17)13-8-6-7-12(9-13)10-15(3)4/h6-9,11H,10H2,1-5H3. The summed E-state index contributed by atoms with van der Waals surface area (Å²) in [5, 5.41) is 0. The second kappa shape index (κ2) is 5.82. The summed E-state index contributed by atoms with van der Waals surface area (Å²) in [6, 6.07) is 8.06. The van der Waals surface area contributed by atoms with Gasteiger partial charge in [0.15, 0.2) is 0 Å². The fourth-order valence-electron chi connectivity index (χ4n) is 1.61. The average Bonchev–Trinajstić information content (AvgIpc) is 2.26. The topological polar surface area (TPSA) is 23.6 Å². The van der Waals surface area contributed by atoms with Crippen LogP contribution in [0.5, 0.6) is 0 Å². The van der Waals surface area contributed by atoms with Crippen molar-refractivity contribution >= 4 is 5.91 Å². The molecule has 94 valence electrons. The first-order valence-corrected chi connectivity index (χ1v) is 5.92. The molecule has 0 saturated carbocycles. The first kappa shape index (κ1) is 13.7. The zero-order valence-electron chi connectivity index (χ0n) is 11.4. The molecule has 1 rings (SSSR count). The number of hydrogen-bond acceptors (Lipinski definition) is 2. The molecule has 17 heavy (non-hydrogen) atoms. The molecule has 0 aliphatic heterocycles. The van der Waals surface area contributed by atoms with Gasteiger partial charge in [0, 0.05) is 25.2 Å². The molecule has 1 amide bonds. The van der Waals surface area contributed by atoms with Gasteiger partial charge in [0.2, 0.25) is 0 Å². The van der Waals surface area contributed by atoms with E-state index in [2.05, 4.69) is 4.90 Å². The Morgan fingerprint density at radius 1 is 1.24 bits per heavy atom. The van der Waals surface area contributed by atoms with Crippen molar-refractivity contribution in [2.45, 2.75) is 26.4 Å². The maximum Gasteiger partial charge on any atom is 0.253 e. The Morgan fingerprint density at radius 3 is 2.41 bits per heavy atom. The zero-order chi connectivity index (χ0) is 13.0. The first-order chi connectivity index (χ1) is 7.91. The predicted molar refractivity (Wildman–Crippen MR) is 71.1 cm³/mol. The highest BCUT2D eigenvalue weighted by molar-refractivity contribution is 5.94. The van der Waals surface area contributed by atoms with Crippen LogP contribution >= 0.6 is 0 Å². The summed E-state index contributed by atoms with van der Waals surface area (Å²) in [6.07, 6.45) is 0. The van der Waals surface area contributed by atoms with Gasteiger partial charge in [0.1, 0.15) is 0 Å². The van der Waals surface area contributed by atoms with Crippen molar-refractivity contribution < 1.29 is 4.79 Å². The molecule has 1 aromatic carbocycles. The van der Waals surface area contributed by atoms with Crippen LogP contribution in [0, 0.1) is 0 Å². The number of hydrogen-bond donors (Lipinski definition) is 0. The normalized spacial score (nSPS) is 11.0. The second-order valence-electron chi connectivity index (χ2n) is 4.95. The molecule has 0 aliphatic carbocycles. The van der Waals surface area contributed by atoms with Gasteiger partial charge in [-0.15, -0.1) is 0 Å². The zero-order valence-corrected chi connectivity index (χ0v) is 11.4. The summed E-state index contributed by atoms with van der Waals surface area (Å²) in [5.41, 5.74) is 1.93. The molecular weight excluding hydrogens is 212 g/mol. The van der Waals surface area contributed by atoms with Gasteiger partial charge in [-0.1, -0.05) is 12.1 Å². The molecule has 0 saturated heterocycles. The van der Waals surface area contributed by atoms with Crippen LogP contribution in [0.4, 0.5) is 0 Å². The fraction of sp³-hybridized carbons (Fsp3) is 0.500. The van der Waals surface area contributed by atoms with E-state index in [4.69, 9.17) is 0 Å². The monoisotopic (exact) mass is 234 g/mol. The number of amides is 1. The molecule has 0 radical (unpaired) electrons. The van der Waals surface area contributed by atoms with Crippen molar-refractivity contribution in [3.05, 3.63) is 35.4 Å². The third kappa shape index (κ3) is 3.86. The van der Waals surface area contributed by atoms with Gasteiger partial charge in [-0.25, -0.2) is 0 Å². The van der Waals surface area contributed by atoms with Gasteiger partial charge in [-0.2, -0.15) is 0 Å². The average molecular weight is 234 g/mol. The maximum atomic E-state index is 12.1. The van der Waals surface area contributed by atoms with E-state index in [0.29, 0.717) is 0 Å². The highest BCUT2D eigenvalue weighted by Crippen LogP contribution is 2.10. The van der Waals surface area contributed by atoms with Crippen molar-refractivity contribution in [1.82, 2.24) is 9.80 Å². The SMILES string of the molecule is CC(C)N(C)C(=O)c1cccc(CN(C)C)c1. The lowest BCUT2D eigenvalue weighted by Crippen LogP contribution is -2.33. The Balaban J connectivity index is 2.88. The Bertz CT molecular complexity index is 386. The van der Waals surface area contributed by atoms with Crippen LogP contribution in [-0.2, 0) is 6.54 Å². The number of rotatable bonds is 4. The van der Waals surface area contributed by atoms with E-state index in [0.717, 1.165) is 17.7 Å². The van der Waals surface area contributed by atoms with Crippen LogP contribution in [0.25, 0.3) is 0 Å². The predicted octanol–water partition coefficient (Wildman–Crippen LogP) is 2.23. The van der Waals surface area contributed by atoms with Crippen molar-refractivity contribution in [3.8, 4) is 0 Å². The van der Waals surface area contributed by atoms with Crippen LogP contribution in [-0.4, -0.2) is 42.9 Å². The quantitative estimate of drug-likeness (QED) is 0.797. The molecule has 0 aromatic heterocycles. The number of carbonyl (C=O) groups excluding carboxylic acids is 1. The Hall–Kier alpha value is -1.35. The van der Waals surface area contributed by atoms with Gasteiger partial charge in [-0.3, -0.25) is 4.79 Å². The number of carbonyl (C=O) groups is 1. The van der Waals surface area contributed by atoms with E-state index in [1.54, 1.807) is 4.90 Å². The molecule has 3 nitrogen and oxygen atoms in total. The number of nitrogens with zero attached hydrogens (tertiary/aromatic N) is 2. The smallest absolute Gasteiger partial charge is 0.253 e. The van der Waals surface area contributed by atoms with Gasteiger partial charge in [-0.05, 0) is 45.6 Å². The molecule has 0 aliphatic rings. The van der Waals surface area contributed by atoms with Crippen LogP contribution < -0.4 is 0 Å². The van der Waals surface area contributed by atoms with Crippen molar-refractivity contribution in [3.63, 3.8) is 0 Å². The van der Waals surface area contributed by atoms with E-state index in [1.807, 2.05) is 59.3 Å². The van der Waals surface area contributed by atoms with E-state index < -0.39 is 0 Å². The minimum absolute atomic E-state index is 0.0839. The minimum Gasteiger partial charge on any atom is -0.339 e. The summed E-state index contributed by atoms with van der Waals surface area (Å²) in [5.74, 6) is 0.0839. The molecule has 0 atom stereocenters. The van der Waals surface area contributed by atoms with E-state index in [9.17, 15) is 4.79 Å². The van der Waals surface area contributed by atoms with E-state index >= 15 is 0 Å². The van der Waals surface area contributed by atoms with Crippen LogP contribution in [0.2, 0.25) is 0 Å². The largest absolute Gasteiger partial charge is 0.339 e. The molecule has 0 unspecified atom stereocenters. The molecule has 3 heteroatoms. The van der Waals surface area contributed by atoms with Gasteiger partial charge in [0.05, 0.1) is 0 Å². The molecular formula is C14H22N2O. The summed E-state index contributed by atoms with van der Waals surface area (Å²) in [6.45, 7) is 4.88. The third-order valence-electron chi connectivity index (χ3n) is 2.77. The molecule has 0 fully saturated rings. The summed E-state index contributed by atoms with van der Waals surface area (Å²) in [7, 11) is 5.88. The first-order valence-electron chi connectivity index (χ1n) is 5.92. The highest BCUT2D eigenvalue weighted by Gasteiger charge is 2.14. The number of benzene rings is 1. The van der Waals surface area contributed by atoms with E-state index in [-0.39, 0.29) is 11.9 Å². The summed E-state index contributed by atoms with van der Waals surface area (Å²) >= 11 is 0. The van der Waals surface area contributed by atoms with Crippen LogP contribution in [0.1, 0.15) is 29.8 Å². The van der Waals surface area contributed by atoms with Crippen molar-refractivity contribution in [2.24, 2.45) is 0 Å². The van der Waals surface area contributed by atoms with Crippen molar-refractivity contribution in [1.29, 1.82) is 0 Å². The summed E-state index contributed by atoms with van der Waals surface area (Å²) < 4.78 is 0. The van der Waals surface area contributed by atoms with Crippen LogP contribution in [0.3, 0.4) is 0 Å². The molecule has 0 spiro atoms. The second-order valence-corrected chi connectivity index (χ2v) is 4.95. The summed E-state index contributed by atoms with van der Waals surface area (Å²) in [4.78, 5) is 16.0. The Labute approximate surface area is 104 Å². The highest BCUT2D eigenvalue weighted by atomic mass is 16.2. The molecule has 0 bridgehead atoms. The van der Waals surface area contributed by atoms with Gasteiger partial charge < -0.3 is 9.80 Å². The molecule has 0 N–H and O–H groups in total. The van der Waals surface area contributed by atoms with Crippen molar-refractivity contribution in [2.75, 3.05) is 21.1 Å². The lowest BCUT2D eigenvalue weighted by Gasteiger charge is -2.21. The third-order valence-corrected chi connectivity index (χ3v) is 2.77. The molecule has 1 aromatic rings. The van der Waals surface area contributed by atoms with Crippen LogP contribution in [0.15, 0.2) is 24.3 Å². The molecule has 0 heterocycles. The van der Waals surface area contributed by atoms with Gasteiger partial charge in [0.25, 0.3) is 5.91 Å². The van der Waals surface area contributed by atoms with Gasteiger partial charge >= 0.3 is 0 Å². The Morgan fingerprint density at radius 2 is 1.88 bits per heavy atom. The van der Waals surface area contributed by atoms with E-state index in [1.165, 1.54) is 0 Å². The minimum atomic E-state index is 0.0839. The fourth-order valence-corrected chi connectivity index (χ4v) is 1.61.